The maximum absolute atomic E-state index is 11.1. The summed E-state index contributed by atoms with van der Waals surface area (Å²) in [6, 6.07) is 18.2. The fourth-order valence-electron chi connectivity index (χ4n) is 3.37. The molecule has 4 aromatic rings. The molecule has 0 bridgehead atoms. The van der Waals surface area contributed by atoms with Gasteiger partial charge in [-0.3, -0.25) is 4.79 Å². The highest BCUT2D eigenvalue weighted by molar-refractivity contribution is 7.19. The van der Waals surface area contributed by atoms with Crippen molar-refractivity contribution < 1.29 is 14.3 Å². The van der Waals surface area contributed by atoms with Crippen molar-refractivity contribution in [3.8, 4) is 33.0 Å². The minimum atomic E-state index is -0.746. The van der Waals surface area contributed by atoms with Crippen molar-refractivity contribution in [1.29, 1.82) is 0 Å². The van der Waals surface area contributed by atoms with E-state index in [4.69, 9.17) is 14.5 Å². The Morgan fingerprint density at radius 2 is 1.76 bits per heavy atom. The van der Waals surface area contributed by atoms with Gasteiger partial charge in [0.25, 0.3) is 0 Å². The van der Waals surface area contributed by atoms with Gasteiger partial charge < -0.3 is 14.4 Å². The Bertz CT molecular complexity index is 1130. The van der Waals surface area contributed by atoms with Gasteiger partial charge in [0.1, 0.15) is 0 Å². The molecule has 5 rings (SSSR count). The molecule has 0 amide bonds. The molecular formula is C22H17N3O3S. The normalized spacial score (nSPS) is 14.0. The summed E-state index contributed by atoms with van der Waals surface area (Å²) in [4.78, 5) is 23.1. The van der Waals surface area contributed by atoms with Crippen LogP contribution in [0.1, 0.15) is 0 Å². The van der Waals surface area contributed by atoms with E-state index in [1.807, 2.05) is 47.4 Å². The van der Waals surface area contributed by atoms with Crippen LogP contribution >= 0.6 is 11.3 Å². The van der Waals surface area contributed by atoms with E-state index < -0.39 is 5.97 Å². The van der Waals surface area contributed by atoms with Crippen LogP contribution in [0.5, 0.6) is 0 Å². The molecule has 1 aliphatic heterocycles. The zero-order valence-electron chi connectivity index (χ0n) is 15.4. The van der Waals surface area contributed by atoms with Gasteiger partial charge in [0, 0.05) is 24.2 Å². The first-order chi connectivity index (χ1) is 14.2. The zero-order valence-corrected chi connectivity index (χ0v) is 16.2. The predicted octanol–water partition coefficient (Wildman–Crippen LogP) is 4.65. The molecule has 0 radical (unpaired) electrons. The van der Waals surface area contributed by atoms with Crippen molar-refractivity contribution in [3.05, 3.63) is 67.2 Å². The van der Waals surface area contributed by atoms with E-state index in [0.717, 1.165) is 38.2 Å². The molecule has 6 nitrogen and oxygen atoms in total. The Balaban J connectivity index is 1.52. The third-order valence-electron chi connectivity index (χ3n) is 5.03. The Kier molecular flexibility index (Phi) is 4.37. The van der Waals surface area contributed by atoms with Crippen LogP contribution < -0.4 is 4.90 Å². The van der Waals surface area contributed by atoms with Crippen LogP contribution in [0.4, 0.5) is 5.13 Å². The molecule has 144 valence electrons. The van der Waals surface area contributed by atoms with Crippen LogP contribution in [0.3, 0.4) is 0 Å². The zero-order chi connectivity index (χ0) is 19.8. The number of carboxylic acid groups (broad SMARTS) is 1. The molecule has 1 N–H and O–H groups in total. The third-order valence-corrected chi connectivity index (χ3v) is 6.19. The smallest absolute Gasteiger partial charge is 0.310 e. The molecule has 1 saturated heterocycles. The number of oxazole rings is 1. The van der Waals surface area contributed by atoms with Crippen LogP contribution in [0.25, 0.3) is 33.0 Å². The largest absolute Gasteiger partial charge is 0.481 e. The van der Waals surface area contributed by atoms with Crippen molar-refractivity contribution in [2.75, 3.05) is 18.0 Å². The lowest BCUT2D eigenvalue weighted by atomic mass is 10.0. The van der Waals surface area contributed by atoms with E-state index in [2.05, 4.69) is 17.1 Å². The van der Waals surface area contributed by atoms with Gasteiger partial charge in [0.2, 0.25) is 0 Å². The molecule has 2 aromatic heterocycles. The quantitative estimate of drug-likeness (QED) is 0.522. The van der Waals surface area contributed by atoms with Gasteiger partial charge in [0.05, 0.1) is 22.7 Å². The summed E-state index contributed by atoms with van der Waals surface area (Å²) in [5.74, 6) is -0.341. The molecule has 0 aliphatic carbocycles. The number of carboxylic acids is 1. The van der Waals surface area contributed by atoms with Gasteiger partial charge in [-0.05, 0) is 5.56 Å². The van der Waals surface area contributed by atoms with Crippen LogP contribution in [-0.2, 0) is 4.79 Å². The van der Waals surface area contributed by atoms with E-state index >= 15 is 0 Å². The second-order valence-electron chi connectivity index (χ2n) is 6.92. The van der Waals surface area contributed by atoms with Crippen LogP contribution in [0.2, 0.25) is 0 Å². The van der Waals surface area contributed by atoms with Gasteiger partial charge in [-0.2, -0.15) is 0 Å². The summed E-state index contributed by atoms with van der Waals surface area (Å²) in [7, 11) is 0. The van der Waals surface area contributed by atoms with Crippen molar-refractivity contribution >= 4 is 22.4 Å². The molecule has 2 aromatic carbocycles. The summed E-state index contributed by atoms with van der Waals surface area (Å²) < 4.78 is 5.37. The van der Waals surface area contributed by atoms with E-state index in [1.165, 1.54) is 6.39 Å². The lowest BCUT2D eigenvalue weighted by Crippen LogP contribution is -2.50. The van der Waals surface area contributed by atoms with Gasteiger partial charge in [-0.15, -0.1) is 0 Å². The number of rotatable bonds is 5. The van der Waals surface area contributed by atoms with Crippen molar-refractivity contribution in [1.82, 2.24) is 9.97 Å². The van der Waals surface area contributed by atoms with Crippen LogP contribution in [0, 0.1) is 5.92 Å². The SMILES string of the molecule is O=C(O)C1CN(c2nc(-c3ccc(-c4cnco4)cc3)c(-c3ccccc3)s2)C1. The topological polar surface area (TPSA) is 79.5 Å². The highest BCUT2D eigenvalue weighted by Crippen LogP contribution is 2.42. The maximum atomic E-state index is 11.1. The Morgan fingerprint density at radius 3 is 2.41 bits per heavy atom. The summed E-state index contributed by atoms with van der Waals surface area (Å²) in [5, 5.41) is 10.0. The molecule has 0 unspecified atom stereocenters. The molecule has 0 spiro atoms. The molecule has 3 heterocycles. The van der Waals surface area contributed by atoms with Gasteiger partial charge >= 0.3 is 5.97 Å². The van der Waals surface area contributed by atoms with Crippen molar-refractivity contribution in [2.45, 2.75) is 0 Å². The monoisotopic (exact) mass is 403 g/mol. The van der Waals surface area contributed by atoms with Gasteiger partial charge in [0.15, 0.2) is 17.3 Å². The van der Waals surface area contributed by atoms with Gasteiger partial charge in [-0.1, -0.05) is 65.9 Å². The lowest BCUT2D eigenvalue weighted by molar-refractivity contribution is -0.142. The number of anilines is 1. The number of hydrogen-bond donors (Lipinski definition) is 1. The number of carbonyl (C=O) groups is 1. The summed E-state index contributed by atoms with van der Waals surface area (Å²) in [5.41, 5.74) is 3.96. The van der Waals surface area contributed by atoms with E-state index in [1.54, 1.807) is 17.5 Å². The highest BCUT2D eigenvalue weighted by Gasteiger charge is 2.35. The number of aromatic nitrogens is 2. The van der Waals surface area contributed by atoms with E-state index in [0.29, 0.717) is 13.1 Å². The minimum Gasteiger partial charge on any atom is -0.481 e. The molecule has 0 atom stereocenters. The summed E-state index contributed by atoms with van der Waals surface area (Å²) >= 11 is 1.60. The number of hydrogen-bond acceptors (Lipinski definition) is 6. The first kappa shape index (κ1) is 17.6. The second kappa shape index (κ2) is 7.18. The van der Waals surface area contributed by atoms with Crippen molar-refractivity contribution in [3.63, 3.8) is 0 Å². The fourth-order valence-corrected chi connectivity index (χ4v) is 4.48. The molecule has 0 saturated carbocycles. The molecule has 29 heavy (non-hydrogen) atoms. The predicted molar refractivity (Wildman–Crippen MR) is 112 cm³/mol. The average molecular weight is 403 g/mol. The summed E-state index contributed by atoms with van der Waals surface area (Å²) in [6.45, 7) is 1.00. The standard InChI is InChI=1S/C22H17N3O3S/c26-21(27)17-11-25(12-17)22-24-19(20(29-22)16-4-2-1-3-5-16)15-8-6-14(7-9-15)18-10-23-13-28-18/h1-10,13,17H,11-12H2,(H,26,27). The average Bonchev–Trinajstić information content (AvgIpc) is 3.38. The summed E-state index contributed by atoms with van der Waals surface area (Å²) in [6.07, 6.45) is 3.11. The van der Waals surface area contributed by atoms with E-state index in [-0.39, 0.29) is 5.92 Å². The number of benzene rings is 2. The Hall–Kier alpha value is -3.45. The molecule has 7 heteroatoms. The minimum absolute atomic E-state index is 0.316. The first-order valence-electron chi connectivity index (χ1n) is 9.22. The molecular weight excluding hydrogens is 386 g/mol. The number of thiazole rings is 1. The Labute approximate surface area is 171 Å². The number of aliphatic carboxylic acids is 1. The van der Waals surface area contributed by atoms with E-state index in [9.17, 15) is 4.79 Å². The Morgan fingerprint density at radius 1 is 1.03 bits per heavy atom. The van der Waals surface area contributed by atoms with Crippen molar-refractivity contribution in [2.24, 2.45) is 5.92 Å². The maximum Gasteiger partial charge on any atom is 0.310 e. The number of nitrogens with zero attached hydrogens (tertiary/aromatic N) is 3. The molecule has 1 aliphatic rings. The second-order valence-corrected chi connectivity index (χ2v) is 7.90. The third kappa shape index (κ3) is 3.30. The molecule has 1 fully saturated rings. The fraction of sp³-hybridized carbons (Fsp3) is 0.136. The highest BCUT2D eigenvalue weighted by atomic mass is 32.1. The van der Waals surface area contributed by atoms with Gasteiger partial charge in [-0.25, -0.2) is 9.97 Å². The van der Waals surface area contributed by atoms with Crippen LogP contribution in [-0.4, -0.2) is 34.1 Å². The lowest BCUT2D eigenvalue weighted by Gasteiger charge is -2.36. The van der Waals surface area contributed by atoms with Crippen LogP contribution in [0.15, 0.2) is 71.6 Å². The first-order valence-corrected chi connectivity index (χ1v) is 10.0.